The van der Waals surface area contributed by atoms with Crippen molar-refractivity contribution in [3.63, 3.8) is 0 Å². The Bertz CT molecular complexity index is 862. The molecule has 2 aliphatic heterocycles. The molecule has 0 saturated carbocycles. The molecule has 0 bridgehead atoms. The first-order valence-electron chi connectivity index (χ1n) is 10.8. The Hall–Kier alpha value is -2.86. The third-order valence-electron chi connectivity index (χ3n) is 5.96. The lowest BCUT2D eigenvalue weighted by molar-refractivity contribution is -0.128. The molecule has 1 aromatic heterocycles. The Kier molecular flexibility index (Phi) is 6.64. The summed E-state index contributed by atoms with van der Waals surface area (Å²) in [6.07, 6.45) is 7.78. The van der Waals surface area contributed by atoms with Gasteiger partial charge in [-0.15, -0.1) is 0 Å². The molecule has 6 nitrogen and oxygen atoms in total. The van der Waals surface area contributed by atoms with Gasteiger partial charge in [0.2, 0.25) is 0 Å². The largest absolute Gasteiger partial charge is 0.465 e. The molecule has 2 aromatic rings. The number of nitrogens with zero attached hydrogens (tertiary/aromatic N) is 2. The Morgan fingerprint density at radius 1 is 1.00 bits per heavy atom. The van der Waals surface area contributed by atoms with Crippen LogP contribution < -0.4 is 5.32 Å². The van der Waals surface area contributed by atoms with Crippen molar-refractivity contribution in [3.8, 4) is 0 Å². The van der Waals surface area contributed by atoms with Crippen molar-refractivity contribution in [2.45, 2.75) is 25.7 Å². The quantitative estimate of drug-likeness (QED) is 0.746. The van der Waals surface area contributed by atoms with E-state index >= 15 is 0 Å². The van der Waals surface area contributed by atoms with Crippen LogP contribution in [0.1, 0.15) is 41.8 Å². The fourth-order valence-corrected chi connectivity index (χ4v) is 4.27. The fraction of sp³-hybridized carbons (Fsp3) is 0.417. The van der Waals surface area contributed by atoms with Crippen LogP contribution >= 0.6 is 0 Å². The molecule has 2 fully saturated rings. The second-order valence-electron chi connectivity index (χ2n) is 8.14. The van der Waals surface area contributed by atoms with Crippen molar-refractivity contribution in [1.82, 2.24) is 15.1 Å². The van der Waals surface area contributed by atoms with Gasteiger partial charge in [0.25, 0.3) is 11.8 Å². The molecule has 0 spiro atoms. The molecule has 6 heteroatoms. The first kappa shape index (κ1) is 20.4. The summed E-state index contributed by atoms with van der Waals surface area (Å²) in [4.78, 5) is 30.3. The minimum Gasteiger partial charge on any atom is -0.465 e. The van der Waals surface area contributed by atoms with Crippen LogP contribution in [-0.4, -0.2) is 54.3 Å². The maximum Gasteiger partial charge on any atom is 0.270 e. The molecule has 2 amide bonds. The van der Waals surface area contributed by atoms with Crippen LogP contribution in [0.5, 0.6) is 0 Å². The monoisotopic (exact) mass is 407 g/mol. The second-order valence-corrected chi connectivity index (χ2v) is 8.14. The second kappa shape index (κ2) is 9.76. The van der Waals surface area contributed by atoms with Gasteiger partial charge in [0.15, 0.2) is 0 Å². The molecule has 0 atom stereocenters. The molecule has 4 rings (SSSR count). The van der Waals surface area contributed by atoms with E-state index in [0.717, 1.165) is 19.4 Å². The summed E-state index contributed by atoms with van der Waals surface area (Å²) in [5, 5.41) is 2.80. The summed E-state index contributed by atoms with van der Waals surface area (Å²) in [7, 11) is 0. The third kappa shape index (κ3) is 5.19. The number of hydrogen-bond donors (Lipinski definition) is 1. The number of furan rings is 1. The molecule has 2 saturated heterocycles. The van der Waals surface area contributed by atoms with Crippen LogP contribution in [-0.2, 0) is 4.79 Å². The van der Waals surface area contributed by atoms with E-state index in [-0.39, 0.29) is 17.5 Å². The lowest BCUT2D eigenvalue weighted by Gasteiger charge is -2.34. The number of amides is 2. The number of benzene rings is 1. The van der Waals surface area contributed by atoms with Crippen LogP contribution in [0.25, 0.3) is 6.08 Å². The van der Waals surface area contributed by atoms with Gasteiger partial charge in [0.1, 0.15) is 11.5 Å². The van der Waals surface area contributed by atoms with E-state index in [9.17, 15) is 9.59 Å². The van der Waals surface area contributed by atoms with Crippen molar-refractivity contribution < 1.29 is 14.0 Å². The topological polar surface area (TPSA) is 65.8 Å². The number of carbonyl (C=O) groups is 2. The van der Waals surface area contributed by atoms with Crippen molar-refractivity contribution in [3.05, 3.63) is 65.7 Å². The number of carbonyl (C=O) groups excluding carboxylic acids is 2. The van der Waals surface area contributed by atoms with Gasteiger partial charge in [0.05, 0.1) is 6.26 Å². The van der Waals surface area contributed by atoms with E-state index in [2.05, 4.69) is 10.2 Å². The SMILES string of the molecule is O=C(N/C(=C/c1ccco1)C(=O)N1CCC(CN2CCCC2)CC1)c1ccccc1. The van der Waals surface area contributed by atoms with Crippen LogP contribution in [0.2, 0.25) is 0 Å². The first-order chi connectivity index (χ1) is 14.7. The van der Waals surface area contributed by atoms with E-state index in [1.165, 1.54) is 25.9 Å². The Labute approximate surface area is 177 Å². The van der Waals surface area contributed by atoms with Crippen LogP contribution in [0, 0.1) is 5.92 Å². The van der Waals surface area contributed by atoms with Gasteiger partial charge in [-0.05, 0) is 69.0 Å². The molecule has 0 aliphatic carbocycles. The van der Waals surface area contributed by atoms with E-state index < -0.39 is 0 Å². The highest BCUT2D eigenvalue weighted by atomic mass is 16.3. The number of hydrogen-bond acceptors (Lipinski definition) is 4. The molecular weight excluding hydrogens is 378 g/mol. The minimum atomic E-state index is -0.300. The Morgan fingerprint density at radius 2 is 1.73 bits per heavy atom. The smallest absolute Gasteiger partial charge is 0.270 e. The van der Waals surface area contributed by atoms with Crippen molar-refractivity contribution in [1.29, 1.82) is 0 Å². The Morgan fingerprint density at radius 3 is 2.40 bits per heavy atom. The van der Waals surface area contributed by atoms with Crippen molar-refractivity contribution >= 4 is 17.9 Å². The summed E-state index contributed by atoms with van der Waals surface area (Å²) in [5.74, 6) is 0.722. The van der Waals surface area contributed by atoms with Gasteiger partial charge >= 0.3 is 0 Å². The van der Waals surface area contributed by atoms with Gasteiger partial charge in [-0.3, -0.25) is 9.59 Å². The maximum absolute atomic E-state index is 13.2. The number of rotatable bonds is 6. The molecule has 0 radical (unpaired) electrons. The highest BCUT2D eigenvalue weighted by molar-refractivity contribution is 6.05. The number of piperidine rings is 1. The van der Waals surface area contributed by atoms with Gasteiger partial charge in [-0.2, -0.15) is 0 Å². The Balaban J connectivity index is 1.41. The standard InChI is InChI=1S/C24H29N3O3/c28-23(20-7-2-1-3-8-20)25-22(17-21-9-6-16-30-21)24(29)27-14-10-19(11-15-27)18-26-12-4-5-13-26/h1-3,6-9,16-17,19H,4-5,10-15,18H2,(H,25,28)/b22-17+. The molecule has 1 N–H and O–H groups in total. The zero-order valence-corrected chi connectivity index (χ0v) is 17.3. The summed E-state index contributed by atoms with van der Waals surface area (Å²) < 4.78 is 5.38. The normalized spacial score (nSPS) is 18.5. The van der Waals surface area contributed by atoms with Crippen molar-refractivity contribution in [2.24, 2.45) is 5.92 Å². The van der Waals surface area contributed by atoms with Crippen molar-refractivity contribution in [2.75, 3.05) is 32.7 Å². The summed E-state index contributed by atoms with van der Waals surface area (Å²) in [6.45, 7) is 4.99. The zero-order valence-electron chi connectivity index (χ0n) is 17.3. The first-order valence-corrected chi connectivity index (χ1v) is 10.8. The predicted molar refractivity (Wildman–Crippen MR) is 116 cm³/mol. The van der Waals surface area contributed by atoms with Gasteiger partial charge in [-0.25, -0.2) is 0 Å². The fourth-order valence-electron chi connectivity index (χ4n) is 4.27. The summed E-state index contributed by atoms with van der Waals surface area (Å²) in [5.41, 5.74) is 0.761. The average molecular weight is 408 g/mol. The van der Waals surface area contributed by atoms with E-state index in [0.29, 0.717) is 30.3 Å². The van der Waals surface area contributed by atoms with Gasteiger partial charge in [-0.1, -0.05) is 18.2 Å². The van der Waals surface area contributed by atoms with Gasteiger partial charge in [0, 0.05) is 31.3 Å². The minimum absolute atomic E-state index is 0.157. The molecule has 30 heavy (non-hydrogen) atoms. The van der Waals surface area contributed by atoms with Crippen LogP contribution in [0.3, 0.4) is 0 Å². The molecule has 3 heterocycles. The maximum atomic E-state index is 13.2. The van der Waals surface area contributed by atoms with Crippen LogP contribution in [0.15, 0.2) is 58.8 Å². The molecule has 2 aliphatic rings. The lowest BCUT2D eigenvalue weighted by atomic mass is 9.96. The molecule has 0 unspecified atom stereocenters. The number of likely N-dealkylation sites (tertiary alicyclic amines) is 2. The molecule has 1 aromatic carbocycles. The molecular formula is C24H29N3O3. The summed E-state index contributed by atoms with van der Waals surface area (Å²) >= 11 is 0. The summed E-state index contributed by atoms with van der Waals surface area (Å²) in [6, 6.07) is 12.5. The van der Waals surface area contributed by atoms with Crippen LogP contribution in [0.4, 0.5) is 0 Å². The number of nitrogens with one attached hydrogen (secondary N) is 1. The average Bonchev–Trinajstić information content (AvgIpc) is 3.48. The van der Waals surface area contributed by atoms with E-state index in [1.807, 2.05) is 11.0 Å². The van der Waals surface area contributed by atoms with E-state index in [1.54, 1.807) is 48.7 Å². The lowest BCUT2D eigenvalue weighted by Crippen LogP contribution is -2.44. The molecule has 158 valence electrons. The zero-order chi connectivity index (χ0) is 20.8. The van der Waals surface area contributed by atoms with E-state index in [4.69, 9.17) is 4.42 Å². The van der Waals surface area contributed by atoms with Gasteiger partial charge < -0.3 is 19.5 Å². The highest BCUT2D eigenvalue weighted by Crippen LogP contribution is 2.22. The highest BCUT2D eigenvalue weighted by Gasteiger charge is 2.27. The third-order valence-corrected chi connectivity index (χ3v) is 5.96. The predicted octanol–water partition coefficient (Wildman–Crippen LogP) is 3.38.